The van der Waals surface area contributed by atoms with E-state index in [2.05, 4.69) is 46.0 Å². The van der Waals surface area contributed by atoms with E-state index in [0.717, 1.165) is 30.6 Å². The standard InChI is InChI=1S/C17H18BrFN2/c1-11-4-6-14-12(9-11)3-2-8-21(14)15-7-5-13(10-20)16(18)17(15)19/h4-7,9H,2-3,8,10,20H2,1H3. The molecular formula is C17H18BrFN2. The van der Waals surface area contributed by atoms with Gasteiger partial charge in [0, 0.05) is 18.8 Å². The van der Waals surface area contributed by atoms with Crippen molar-refractivity contribution in [3.63, 3.8) is 0 Å². The molecule has 1 heterocycles. The minimum atomic E-state index is -0.230. The summed E-state index contributed by atoms with van der Waals surface area (Å²) in [5.41, 5.74) is 10.7. The van der Waals surface area contributed by atoms with Gasteiger partial charge in [-0.25, -0.2) is 4.39 Å². The van der Waals surface area contributed by atoms with E-state index in [1.165, 1.54) is 11.1 Å². The predicted octanol–water partition coefficient (Wildman–Crippen LogP) is 4.44. The van der Waals surface area contributed by atoms with E-state index < -0.39 is 0 Å². The molecule has 0 fully saturated rings. The number of aryl methyl sites for hydroxylation is 2. The summed E-state index contributed by atoms with van der Waals surface area (Å²) in [6.07, 6.45) is 2.09. The summed E-state index contributed by atoms with van der Waals surface area (Å²) >= 11 is 3.33. The van der Waals surface area contributed by atoms with Crippen LogP contribution in [-0.2, 0) is 13.0 Å². The van der Waals surface area contributed by atoms with Crippen LogP contribution in [0.4, 0.5) is 15.8 Å². The van der Waals surface area contributed by atoms with Crippen LogP contribution in [0, 0.1) is 12.7 Å². The number of nitrogens with two attached hydrogens (primary N) is 1. The van der Waals surface area contributed by atoms with Crippen LogP contribution in [0.25, 0.3) is 0 Å². The molecule has 2 aromatic carbocycles. The van der Waals surface area contributed by atoms with Crippen molar-refractivity contribution in [1.82, 2.24) is 0 Å². The molecule has 110 valence electrons. The number of hydrogen-bond donors (Lipinski definition) is 1. The van der Waals surface area contributed by atoms with Crippen LogP contribution in [0.3, 0.4) is 0 Å². The van der Waals surface area contributed by atoms with Crippen LogP contribution in [-0.4, -0.2) is 6.54 Å². The lowest BCUT2D eigenvalue weighted by Crippen LogP contribution is -2.25. The molecule has 0 radical (unpaired) electrons. The molecule has 1 aliphatic rings. The van der Waals surface area contributed by atoms with E-state index in [9.17, 15) is 4.39 Å². The first-order valence-corrected chi connectivity index (χ1v) is 7.95. The van der Waals surface area contributed by atoms with Crippen molar-refractivity contribution in [2.75, 3.05) is 11.4 Å². The first-order valence-electron chi connectivity index (χ1n) is 7.16. The Morgan fingerprint density at radius 2 is 2.00 bits per heavy atom. The van der Waals surface area contributed by atoms with Gasteiger partial charge in [-0.3, -0.25) is 0 Å². The summed E-state index contributed by atoms with van der Waals surface area (Å²) in [6.45, 7) is 3.25. The molecule has 2 nitrogen and oxygen atoms in total. The Morgan fingerprint density at radius 1 is 1.24 bits per heavy atom. The van der Waals surface area contributed by atoms with Crippen molar-refractivity contribution in [3.8, 4) is 0 Å². The minimum Gasteiger partial charge on any atom is -0.339 e. The molecule has 0 bridgehead atoms. The van der Waals surface area contributed by atoms with Crippen LogP contribution in [0.5, 0.6) is 0 Å². The molecule has 0 saturated heterocycles. The van der Waals surface area contributed by atoms with Gasteiger partial charge in [0.1, 0.15) is 0 Å². The van der Waals surface area contributed by atoms with Gasteiger partial charge in [-0.15, -0.1) is 0 Å². The number of anilines is 2. The van der Waals surface area contributed by atoms with Gasteiger partial charge in [-0.1, -0.05) is 23.8 Å². The molecule has 0 saturated carbocycles. The first kappa shape index (κ1) is 14.5. The molecule has 2 N–H and O–H groups in total. The summed E-state index contributed by atoms with van der Waals surface area (Å²) in [5.74, 6) is -0.230. The van der Waals surface area contributed by atoms with Gasteiger partial charge in [0.05, 0.1) is 10.2 Å². The normalized spacial score (nSPS) is 14.2. The van der Waals surface area contributed by atoms with Crippen LogP contribution in [0.2, 0.25) is 0 Å². The quantitative estimate of drug-likeness (QED) is 0.869. The summed E-state index contributed by atoms with van der Waals surface area (Å²) in [6, 6.07) is 10.1. The molecule has 2 aromatic rings. The third kappa shape index (κ3) is 2.58. The van der Waals surface area contributed by atoms with Crippen molar-refractivity contribution in [3.05, 3.63) is 57.3 Å². The fourth-order valence-electron chi connectivity index (χ4n) is 2.92. The Bertz CT molecular complexity index is 685. The van der Waals surface area contributed by atoms with Crippen LogP contribution in [0.15, 0.2) is 34.8 Å². The van der Waals surface area contributed by atoms with Gasteiger partial charge in [0.2, 0.25) is 0 Å². The highest BCUT2D eigenvalue weighted by atomic mass is 79.9. The summed E-state index contributed by atoms with van der Waals surface area (Å²) in [7, 11) is 0. The second-order valence-corrected chi connectivity index (χ2v) is 6.26. The molecule has 3 rings (SSSR count). The highest BCUT2D eigenvalue weighted by molar-refractivity contribution is 9.10. The Morgan fingerprint density at radius 3 is 2.76 bits per heavy atom. The van der Waals surface area contributed by atoms with Crippen molar-refractivity contribution >= 4 is 27.3 Å². The number of benzene rings is 2. The molecule has 0 spiro atoms. The SMILES string of the molecule is Cc1ccc2c(c1)CCCN2c1ccc(CN)c(Br)c1F. The van der Waals surface area contributed by atoms with Gasteiger partial charge in [0.15, 0.2) is 5.82 Å². The molecule has 4 heteroatoms. The smallest absolute Gasteiger partial charge is 0.161 e. The summed E-state index contributed by atoms with van der Waals surface area (Å²) < 4.78 is 15.1. The monoisotopic (exact) mass is 348 g/mol. The largest absolute Gasteiger partial charge is 0.339 e. The molecule has 0 aliphatic carbocycles. The Hall–Kier alpha value is -1.39. The van der Waals surface area contributed by atoms with Gasteiger partial charge in [-0.05, 0) is 59.0 Å². The van der Waals surface area contributed by atoms with E-state index >= 15 is 0 Å². The number of rotatable bonds is 2. The lowest BCUT2D eigenvalue weighted by atomic mass is 9.99. The molecule has 0 amide bonds. The van der Waals surface area contributed by atoms with Crippen LogP contribution in [0.1, 0.15) is 23.1 Å². The highest BCUT2D eigenvalue weighted by Crippen LogP contribution is 2.38. The van der Waals surface area contributed by atoms with Crippen molar-refractivity contribution < 1.29 is 4.39 Å². The lowest BCUT2D eigenvalue weighted by molar-refractivity contribution is 0.611. The molecule has 0 unspecified atom stereocenters. The van der Waals surface area contributed by atoms with Crippen molar-refractivity contribution in [1.29, 1.82) is 0 Å². The molecule has 21 heavy (non-hydrogen) atoms. The Balaban J connectivity index is 2.09. The second-order valence-electron chi connectivity index (χ2n) is 5.46. The molecule has 0 atom stereocenters. The predicted molar refractivity (Wildman–Crippen MR) is 88.5 cm³/mol. The van der Waals surface area contributed by atoms with E-state index in [4.69, 9.17) is 5.73 Å². The average molecular weight is 349 g/mol. The average Bonchev–Trinajstić information content (AvgIpc) is 2.49. The van der Waals surface area contributed by atoms with Gasteiger partial charge >= 0.3 is 0 Å². The zero-order valence-electron chi connectivity index (χ0n) is 12.0. The van der Waals surface area contributed by atoms with Gasteiger partial charge in [-0.2, -0.15) is 0 Å². The number of fused-ring (bicyclic) bond motifs is 1. The molecule has 0 aromatic heterocycles. The fourth-order valence-corrected chi connectivity index (χ4v) is 3.42. The number of nitrogens with zero attached hydrogens (tertiary/aromatic N) is 1. The fraction of sp³-hybridized carbons (Fsp3) is 0.294. The Labute approximate surface area is 132 Å². The van der Waals surface area contributed by atoms with Crippen LogP contribution < -0.4 is 10.6 Å². The Kier molecular flexibility index (Phi) is 4.00. The maximum Gasteiger partial charge on any atom is 0.161 e. The molecular weight excluding hydrogens is 331 g/mol. The highest BCUT2D eigenvalue weighted by Gasteiger charge is 2.22. The lowest BCUT2D eigenvalue weighted by Gasteiger charge is -2.32. The maximum absolute atomic E-state index is 14.7. The molecule has 1 aliphatic heterocycles. The zero-order chi connectivity index (χ0) is 15.0. The van der Waals surface area contributed by atoms with E-state index in [0.29, 0.717) is 16.7 Å². The van der Waals surface area contributed by atoms with Crippen molar-refractivity contribution in [2.24, 2.45) is 5.73 Å². The minimum absolute atomic E-state index is 0.230. The van der Waals surface area contributed by atoms with Gasteiger partial charge < -0.3 is 10.6 Å². The van der Waals surface area contributed by atoms with E-state index in [1.54, 1.807) is 0 Å². The van der Waals surface area contributed by atoms with Gasteiger partial charge in [0.25, 0.3) is 0 Å². The first-order chi connectivity index (χ1) is 10.1. The summed E-state index contributed by atoms with van der Waals surface area (Å²) in [4.78, 5) is 2.07. The van der Waals surface area contributed by atoms with Crippen molar-refractivity contribution in [2.45, 2.75) is 26.3 Å². The maximum atomic E-state index is 14.7. The third-order valence-corrected chi connectivity index (χ3v) is 4.86. The summed E-state index contributed by atoms with van der Waals surface area (Å²) in [5, 5.41) is 0. The number of halogens is 2. The number of hydrogen-bond acceptors (Lipinski definition) is 2. The van der Waals surface area contributed by atoms with E-state index in [1.807, 2.05) is 12.1 Å². The van der Waals surface area contributed by atoms with Crippen LogP contribution >= 0.6 is 15.9 Å². The zero-order valence-corrected chi connectivity index (χ0v) is 13.6. The third-order valence-electron chi connectivity index (χ3n) is 4.01. The van der Waals surface area contributed by atoms with E-state index in [-0.39, 0.29) is 5.82 Å². The topological polar surface area (TPSA) is 29.3 Å². The second kappa shape index (κ2) is 5.78.